The van der Waals surface area contributed by atoms with Gasteiger partial charge in [-0.25, -0.2) is 0 Å². The minimum absolute atomic E-state index is 0.0141. The molecule has 60 heavy (non-hydrogen) atoms. The third-order valence-corrected chi connectivity index (χ3v) is 17.3. The highest BCUT2D eigenvalue weighted by Gasteiger charge is 2.69. The van der Waals surface area contributed by atoms with Crippen LogP contribution < -0.4 is 0 Å². The summed E-state index contributed by atoms with van der Waals surface area (Å²) in [5.74, 6) is 2.65. The molecular weight excluding hydrogens is 784 g/mol. The summed E-state index contributed by atoms with van der Waals surface area (Å²) < 4.78 is 49.9. The van der Waals surface area contributed by atoms with Crippen LogP contribution in [0, 0.1) is 46.3 Å². The van der Waals surface area contributed by atoms with Crippen molar-refractivity contribution >= 4 is 0 Å². The zero-order valence-electron chi connectivity index (χ0n) is 35.6. The van der Waals surface area contributed by atoms with Crippen LogP contribution in [0.3, 0.4) is 0 Å². The second-order valence-electron chi connectivity index (χ2n) is 20.6. The van der Waals surface area contributed by atoms with Crippen molar-refractivity contribution in [2.45, 2.75) is 196 Å². The van der Waals surface area contributed by atoms with Crippen LogP contribution in [0.25, 0.3) is 0 Å². The van der Waals surface area contributed by atoms with Crippen molar-refractivity contribution in [3.05, 3.63) is 11.6 Å². The van der Waals surface area contributed by atoms with Crippen LogP contribution in [0.1, 0.15) is 92.4 Å². The van der Waals surface area contributed by atoms with Gasteiger partial charge in [0.2, 0.25) is 0 Å². The van der Waals surface area contributed by atoms with Gasteiger partial charge in [-0.1, -0.05) is 39.3 Å². The number of fused-ring (bicyclic) bond motifs is 7. The van der Waals surface area contributed by atoms with Crippen LogP contribution in [0.4, 0.5) is 0 Å². The van der Waals surface area contributed by atoms with Gasteiger partial charge in [-0.3, -0.25) is 0 Å². The lowest BCUT2D eigenvalue weighted by atomic mass is 9.47. The van der Waals surface area contributed by atoms with E-state index in [2.05, 4.69) is 33.8 Å². The summed E-state index contributed by atoms with van der Waals surface area (Å²) in [6.45, 7) is 10.7. The first kappa shape index (κ1) is 44.3. The predicted octanol–water partition coefficient (Wildman–Crippen LogP) is 0.853. The average Bonchev–Trinajstić information content (AvgIpc) is 3.79. The lowest BCUT2D eigenvalue weighted by molar-refractivity contribution is -0.380. The molecule has 342 valence electrons. The Kier molecular flexibility index (Phi) is 12.2. The van der Waals surface area contributed by atoms with E-state index in [1.165, 1.54) is 18.9 Å². The zero-order valence-corrected chi connectivity index (χ0v) is 35.6. The van der Waals surface area contributed by atoms with Gasteiger partial charge in [-0.15, -0.1) is 0 Å². The Morgan fingerprint density at radius 1 is 0.700 bits per heavy atom. The van der Waals surface area contributed by atoms with Crippen molar-refractivity contribution in [3.8, 4) is 0 Å². The highest BCUT2D eigenvalue weighted by Crippen LogP contribution is 2.70. The molecule has 5 heterocycles. The summed E-state index contributed by atoms with van der Waals surface area (Å²) in [5, 5.41) is 84.8. The van der Waals surface area contributed by atoms with Gasteiger partial charge in [0.1, 0.15) is 61.0 Å². The Labute approximate surface area is 352 Å². The maximum absolute atomic E-state index is 11.9. The molecule has 8 N–H and O–H groups in total. The largest absolute Gasteiger partial charge is 0.394 e. The first-order valence-corrected chi connectivity index (χ1v) is 22.8. The van der Waals surface area contributed by atoms with E-state index >= 15 is 0 Å². The Bertz CT molecular complexity index is 1560. The first-order valence-electron chi connectivity index (χ1n) is 22.8. The number of rotatable bonds is 8. The second kappa shape index (κ2) is 16.5. The molecule has 0 amide bonds. The molecule has 1 spiro atoms. The van der Waals surface area contributed by atoms with Gasteiger partial charge in [0.05, 0.1) is 38.1 Å². The third-order valence-electron chi connectivity index (χ3n) is 17.3. The number of aliphatic hydroxyl groups excluding tert-OH is 8. The highest BCUT2D eigenvalue weighted by molar-refractivity contribution is 5.26. The molecular formula is C44H70O16. The van der Waals surface area contributed by atoms with E-state index in [4.69, 9.17) is 37.9 Å². The lowest BCUT2D eigenvalue weighted by Crippen LogP contribution is -2.65. The molecule has 9 rings (SSSR count). The van der Waals surface area contributed by atoms with Crippen molar-refractivity contribution in [3.63, 3.8) is 0 Å². The number of hydrogen-bond donors (Lipinski definition) is 8. The molecule has 0 unspecified atom stereocenters. The first-order chi connectivity index (χ1) is 28.5. The van der Waals surface area contributed by atoms with Gasteiger partial charge in [-0.05, 0) is 98.7 Å². The van der Waals surface area contributed by atoms with Crippen LogP contribution in [-0.2, 0) is 37.9 Å². The van der Waals surface area contributed by atoms with Crippen molar-refractivity contribution < 1.29 is 78.7 Å². The van der Waals surface area contributed by atoms with Crippen LogP contribution in [-0.4, -0.2) is 165 Å². The molecule has 0 radical (unpaired) electrons. The molecule has 5 saturated heterocycles. The Morgan fingerprint density at radius 3 is 2.10 bits per heavy atom. The summed E-state index contributed by atoms with van der Waals surface area (Å²) in [5.41, 5.74) is 1.54. The topological polar surface area (TPSA) is 236 Å². The molecule has 3 saturated carbocycles. The molecule has 9 aliphatic rings. The number of aliphatic hydroxyl groups is 8. The van der Waals surface area contributed by atoms with E-state index in [-0.39, 0.29) is 23.0 Å². The van der Waals surface area contributed by atoms with Crippen molar-refractivity contribution in [1.82, 2.24) is 0 Å². The van der Waals surface area contributed by atoms with E-state index < -0.39 is 105 Å². The normalized spacial score (nSPS) is 57.7. The quantitative estimate of drug-likeness (QED) is 0.158. The maximum Gasteiger partial charge on any atom is 0.187 e. The summed E-state index contributed by atoms with van der Waals surface area (Å²) in [7, 11) is 0. The molecule has 25 atom stereocenters. The van der Waals surface area contributed by atoms with Crippen LogP contribution in [0.15, 0.2) is 11.6 Å². The minimum atomic E-state index is -1.70. The van der Waals surface area contributed by atoms with Gasteiger partial charge in [0, 0.05) is 12.3 Å². The van der Waals surface area contributed by atoms with E-state index in [0.29, 0.717) is 48.3 Å². The number of hydrogen-bond acceptors (Lipinski definition) is 16. The van der Waals surface area contributed by atoms with E-state index in [1.807, 2.05) is 0 Å². The van der Waals surface area contributed by atoms with Crippen molar-refractivity contribution in [2.24, 2.45) is 46.3 Å². The predicted molar refractivity (Wildman–Crippen MR) is 208 cm³/mol. The van der Waals surface area contributed by atoms with E-state index in [1.54, 1.807) is 0 Å². The molecule has 0 aromatic carbocycles. The minimum Gasteiger partial charge on any atom is -0.394 e. The molecule has 4 aliphatic carbocycles. The number of ether oxygens (including phenoxy) is 8. The summed E-state index contributed by atoms with van der Waals surface area (Å²) in [6, 6.07) is 0. The highest BCUT2D eigenvalue weighted by atomic mass is 16.8. The fourth-order valence-corrected chi connectivity index (χ4v) is 13.8. The fraction of sp³-hybridized carbons (Fsp3) is 0.955. The smallest absolute Gasteiger partial charge is 0.187 e. The van der Waals surface area contributed by atoms with Crippen molar-refractivity contribution in [2.75, 3.05) is 19.8 Å². The molecule has 8 fully saturated rings. The molecule has 0 bridgehead atoms. The second-order valence-corrected chi connectivity index (χ2v) is 20.6. The van der Waals surface area contributed by atoms with Crippen LogP contribution in [0.2, 0.25) is 0 Å². The van der Waals surface area contributed by atoms with E-state index in [0.717, 1.165) is 45.1 Å². The maximum atomic E-state index is 11.9. The molecule has 16 heteroatoms. The summed E-state index contributed by atoms with van der Waals surface area (Å²) >= 11 is 0. The van der Waals surface area contributed by atoms with E-state index in [9.17, 15) is 40.9 Å². The fourth-order valence-electron chi connectivity index (χ4n) is 13.8. The SMILES string of the molecule is C[C@@H]1CC[C@]2(OC1)O[C@H]1C[C@H]3[C@@H]4CC=C5C[C@@H](O[C@@H]6O[C@H](CO)[C@@H](O[C@@H]7O[C@@H](CO)[C@H](O)[C@H]7O)[C@H](O)[C@H]6O[C@@H]6O[C@@H](C)[C@H](O)[C@@H](O)[C@H]6O)CC[C@]5(C)[C@H]4CC[C@]3(C)[C@H]1[C@@H]2C. The van der Waals surface area contributed by atoms with Crippen LogP contribution in [0.5, 0.6) is 0 Å². The Balaban J connectivity index is 0.913. The van der Waals surface area contributed by atoms with Crippen molar-refractivity contribution in [1.29, 1.82) is 0 Å². The van der Waals surface area contributed by atoms with Gasteiger partial charge in [0.15, 0.2) is 24.7 Å². The Hall–Kier alpha value is -0.900. The molecule has 16 nitrogen and oxygen atoms in total. The molecule has 5 aliphatic heterocycles. The average molecular weight is 855 g/mol. The van der Waals surface area contributed by atoms with Gasteiger partial charge in [-0.2, -0.15) is 0 Å². The van der Waals surface area contributed by atoms with Gasteiger partial charge >= 0.3 is 0 Å². The molecule has 0 aromatic heterocycles. The lowest BCUT2D eigenvalue weighted by Gasteiger charge is -2.58. The number of allylic oxidation sites excluding steroid dienone is 1. The van der Waals surface area contributed by atoms with Crippen LogP contribution >= 0.6 is 0 Å². The Morgan fingerprint density at radius 2 is 1.40 bits per heavy atom. The zero-order chi connectivity index (χ0) is 42.6. The van der Waals surface area contributed by atoms with Gasteiger partial charge in [0.25, 0.3) is 0 Å². The summed E-state index contributed by atoms with van der Waals surface area (Å²) in [6.07, 6.45) is -8.79. The molecule has 0 aromatic rings. The monoisotopic (exact) mass is 854 g/mol. The van der Waals surface area contributed by atoms with Gasteiger partial charge < -0.3 is 78.7 Å². The summed E-state index contributed by atoms with van der Waals surface area (Å²) in [4.78, 5) is 0. The third kappa shape index (κ3) is 7.10. The standard InChI is InChI=1S/C44H70O16/c1-19-8-13-44(53-18-19)20(2)30-27(60-44)15-26-24-7-6-22-14-23(9-11-42(22,4)25(24)10-12-43(26,30)5)55-41-38(59-39-35(51)33(49)31(47)21(3)54-39)36(52)37(29(17-46)57-41)58-40-34(50)32(48)28(16-45)56-40/h6,19-21,23-41,45-52H,7-18H2,1-5H3/t19-,20+,21+,23+,24-,25+,26+,27+,28+,29-,30+,31+,32+,33-,34-,35-,36+,37-,38-,39+,40+,41-,42+,43+,44+/m1/s1.